The first-order valence-electron chi connectivity index (χ1n) is 5.34. The van der Waals surface area contributed by atoms with Gasteiger partial charge in [-0.2, -0.15) is 0 Å². The van der Waals surface area contributed by atoms with E-state index in [1.165, 1.54) is 18.2 Å². The van der Waals surface area contributed by atoms with Crippen molar-refractivity contribution in [2.24, 2.45) is 0 Å². The lowest BCUT2D eigenvalue weighted by molar-refractivity contribution is -0.384. The lowest BCUT2D eigenvalue weighted by Crippen LogP contribution is -2.11. The van der Waals surface area contributed by atoms with Crippen LogP contribution in [0.15, 0.2) is 22.7 Å². The minimum absolute atomic E-state index is 0.0259. The molecule has 0 saturated heterocycles. The number of non-ortho nitro benzene ring substituents is 1. The van der Waals surface area contributed by atoms with Crippen molar-refractivity contribution in [3.63, 3.8) is 0 Å². The van der Waals surface area contributed by atoms with Crippen LogP contribution in [-0.2, 0) is 4.79 Å². The van der Waals surface area contributed by atoms with Crippen LogP contribution in [0.1, 0.15) is 19.3 Å². The maximum absolute atomic E-state index is 11.5. The van der Waals surface area contributed by atoms with Gasteiger partial charge in [-0.1, -0.05) is 0 Å². The largest absolute Gasteiger partial charge is 0.325 e. The summed E-state index contributed by atoms with van der Waals surface area (Å²) >= 11 is 8.70. The Morgan fingerprint density at radius 2 is 2.17 bits per heavy atom. The van der Waals surface area contributed by atoms with Gasteiger partial charge < -0.3 is 5.32 Å². The van der Waals surface area contributed by atoms with Gasteiger partial charge in [-0.3, -0.25) is 14.9 Å². The SMILES string of the molecule is O=C(CCCCCl)Nc1ccc([N+](=O)[O-])cc1Br. The summed E-state index contributed by atoms with van der Waals surface area (Å²) in [5, 5.41) is 13.2. The number of amides is 1. The Bertz CT molecular complexity index is 454. The molecule has 98 valence electrons. The molecule has 0 radical (unpaired) electrons. The van der Waals surface area contributed by atoms with Gasteiger partial charge in [0, 0.05) is 28.9 Å². The molecule has 18 heavy (non-hydrogen) atoms. The summed E-state index contributed by atoms with van der Waals surface area (Å²) in [5.74, 6) is 0.406. The quantitative estimate of drug-likeness (QED) is 0.373. The summed E-state index contributed by atoms with van der Waals surface area (Å²) in [5.41, 5.74) is 0.499. The molecule has 0 spiro atoms. The van der Waals surface area contributed by atoms with Gasteiger partial charge in [0.2, 0.25) is 5.91 Å². The Labute approximate surface area is 118 Å². The van der Waals surface area contributed by atoms with Crippen molar-refractivity contribution in [1.82, 2.24) is 0 Å². The zero-order chi connectivity index (χ0) is 13.5. The van der Waals surface area contributed by atoms with Crippen molar-refractivity contribution in [3.8, 4) is 0 Å². The van der Waals surface area contributed by atoms with Crippen LogP contribution in [0.4, 0.5) is 11.4 Å². The lowest BCUT2D eigenvalue weighted by atomic mass is 10.2. The minimum atomic E-state index is -0.489. The molecule has 0 saturated carbocycles. The van der Waals surface area contributed by atoms with Crippen molar-refractivity contribution < 1.29 is 9.72 Å². The van der Waals surface area contributed by atoms with Gasteiger partial charge in [-0.25, -0.2) is 0 Å². The van der Waals surface area contributed by atoms with E-state index in [1.807, 2.05) is 0 Å². The van der Waals surface area contributed by atoms with E-state index in [1.54, 1.807) is 0 Å². The molecule has 7 heteroatoms. The van der Waals surface area contributed by atoms with Gasteiger partial charge in [0.05, 0.1) is 10.6 Å². The normalized spacial score (nSPS) is 10.1. The molecule has 0 atom stereocenters. The number of anilines is 1. The number of benzene rings is 1. The number of nitrogens with zero attached hydrogens (tertiary/aromatic N) is 1. The van der Waals surface area contributed by atoms with E-state index in [4.69, 9.17) is 11.6 Å². The van der Waals surface area contributed by atoms with Crippen LogP contribution >= 0.6 is 27.5 Å². The summed E-state index contributed by atoms with van der Waals surface area (Å²) in [6, 6.07) is 4.20. The molecule has 0 aliphatic carbocycles. The number of carbonyl (C=O) groups excluding carboxylic acids is 1. The maximum Gasteiger partial charge on any atom is 0.270 e. The summed E-state index contributed by atoms with van der Waals surface area (Å²) < 4.78 is 0.488. The second-order valence-corrected chi connectivity index (χ2v) is 4.85. The highest BCUT2D eigenvalue weighted by Crippen LogP contribution is 2.27. The molecule has 5 nitrogen and oxygen atoms in total. The molecule has 1 aromatic carbocycles. The van der Waals surface area contributed by atoms with Crippen LogP contribution in [0, 0.1) is 10.1 Å². The first-order chi connectivity index (χ1) is 8.54. The number of nitro benzene ring substituents is 1. The Morgan fingerprint density at radius 3 is 2.72 bits per heavy atom. The Balaban J connectivity index is 2.62. The molecular weight excluding hydrogens is 323 g/mol. The third kappa shape index (κ3) is 4.62. The van der Waals surface area contributed by atoms with Gasteiger partial charge in [-0.05, 0) is 34.8 Å². The fourth-order valence-electron chi connectivity index (χ4n) is 1.31. The maximum atomic E-state index is 11.5. The predicted octanol–water partition coefficient (Wildman–Crippen LogP) is 3.70. The van der Waals surface area contributed by atoms with Crippen LogP contribution in [0.25, 0.3) is 0 Å². The van der Waals surface area contributed by atoms with Crippen molar-refractivity contribution in [2.45, 2.75) is 19.3 Å². The van der Waals surface area contributed by atoms with E-state index in [-0.39, 0.29) is 11.6 Å². The fraction of sp³-hybridized carbons (Fsp3) is 0.364. The lowest BCUT2D eigenvalue weighted by Gasteiger charge is -2.06. The molecule has 1 aromatic rings. The van der Waals surface area contributed by atoms with E-state index in [0.717, 1.165) is 12.8 Å². The van der Waals surface area contributed by atoms with E-state index in [0.29, 0.717) is 22.5 Å². The van der Waals surface area contributed by atoms with Crippen LogP contribution < -0.4 is 5.32 Å². The van der Waals surface area contributed by atoms with Crippen LogP contribution in [0.3, 0.4) is 0 Å². The molecule has 0 fully saturated rings. The average molecular weight is 336 g/mol. The number of rotatable bonds is 6. The van der Waals surface area contributed by atoms with E-state index < -0.39 is 4.92 Å². The van der Waals surface area contributed by atoms with E-state index >= 15 is 0 Å². The number of hydrogen-bond acceptors (Lipinski definition) is 3. The van der Waals surface area contributed by atoms with Gasteiger partial charge >= 0.3 is 0 Å². The van der Waals surface area contributed by atoms with Crippen LogP contribution in [-0.4, -0.2) is 16.7 Å². The zero-order valence-corrected chi connectivity index (χ0v) is 11.8. The van der Waals surface area contributed by atoms with Gasteiger partial charge in [0.25, 0.3) is 5.69 Å². The zero-order valence-electron chi connectivity index (χ0n) is 9.49. The highest BCUT2D eigenvalue weighted by Gasteiger charge is 2.10. The number of alkyl halides is 1. The second-order valence-electron chi connectivity index (χ2n) is 3.62. The first-order valence-corrected chi connectivity index (χ1v) is 6.67. The molecule has 1 rings (SSSR count). The van der Waals surface area contributed by atoms with Crippen molar-refractivity contribution in [3.05, 3.63) is 32.8 Å². The topological polar surface area (TPSA) is 72.2 Å². The standard InChI is InChI=1S/C11H12BrClN2O3/c12-9-7-8(15(17)18)4-5-10(9)14-11(16)3-1-2-6-13/h4-5,7H,1-3,6H2,(H,14,16). The number of nitro groups is 1. The Hall–Kier alpha value is -1.14. The average Bonchev–Trinajstić information content (AvgIpc) is 2.32. The Kier molecular flexibility index (Phi) is 6.07. The first kappa shape index (κ1) is 14.9. The number of halogens is 2. The summed E-state index contributed by atoms with van der Waals surface area (Å²) in [7, 11) is 0. The molecule has 0 unspecified atom stereocenters. The molecule has 1 amide bonds. The minimum Gasteiger partial charge on any atom is -0.325 e. The number of carbonyl (C=O) groups is 1. The van der Waals surface area contributed by atoms with E-state index in [9.17, 15) is 14.9 Å². The second kappa shape index (κ2) is 7.33. The molecule has 0 aliphatic rings. The molecule has 0 heterocycles. The Morgan fingerprint density at radius 1 is 1.44 bits per heavy atom. The molecular formula is C11H12BrClN2O3. The summed E-state index contributed by atoms with van der Waals surface area (Å²) in [4.78, 5) is 21.6. The number of nitrogens with one attached hydrogen (secondary N) is 1. The van der Waals surface area contributed by atoms with Gasteiger partial charge in [0.1, 0.15) is 0 Å². The monoisotopic (exact) mass is 334 g/mol. The highest BCUT2D eigenvalue weighted by atomic mass is 79.9. The summed E-state index contributed by atoms with van der Waals surface area (Å²) in [6.07, 6.45) is 1.90. The van der Waals surface area contributed by atoms with E-state index in [2.05, 4.69) is 21.2 Å². The van der Waals surface area contributed by atoms with Crippen molar-refractivity contribution >= 4 is 44.8 Å². The van der Waals surface area contributed by atoms with Crippen molar-refractivity contribution in [1.29, 1.82) is 0 Å². The van der Waals surface area contributed by atoms with Crippen molar-refractivity contribution in [2.75, 3.05) is 11.2 Å². The predicted molar refractivity (Wildman–Crippen MR) is 74.0 cm³/mol. The molecule has 1 N–H and O–H groups in total. The van der Waals surface area contributed by atoms with Gasteiger partial charge in [-0.15, -0.1) is 11.6 Å². The number of hydrogen-bond donors (Lipinski definition) is 1. The highest BCUT2D eigenvalue weighted by molar-refractivity contribution is 9.10. The third-order valence-corrected chi connectivity index (χ3v) is 3.15. The van der Waals surface area contributed by atoms with Crippen LogP contribution in [0.5, 0.6) is 0 Å². The molecule has 0 bridgehead atoms. The number of unbranched alkanes of at least 4 members (excludes halogenated alkanes) is 1. The molecule has 0 aromatic heterocycles. The van der Waals surface area contributed by atoms with Crippen LogP contribution in [0.2, 0.25) is 0 Å². The summed E-state index contributed by atoms with van der Waals surface area (Å²) in [6.45, 7) is 0. The smallest absolute Gasteiger partial charge is 0.270 e. The fourth-order valence-corrected chi connectivity index (χ4v) is 1.97. The van der Waals surface area contributed by atoms with Gasteiger partial charge in [0.15, 0.2) is 0 Å². The molecule has 0 aliphatic heterocycles. The third-order valence-electron chi connectivity index (χ3n) is 2.23.